The second-order valence-electron chi connectivity index (χ2n) is 12.4. The smallest absolute Gasteiger partial charge is 0.140 e. The van der Waals surface area contributed by atoms with Crippen molar-refractivity contribution >= 4 is 54.6 Å². The standard InChI is InChI=1S/C43H29N5O/c1-46-38-19-8-6-17-36(38)45-43(46)28-12-11-15-30(24-28)49-31-21-22-33-35-26-34-32-16-5-7-18-37(32)47(29-13-3-2-4-14-29)40(34)27-41(35)48(39(33)25-31)42-20-9-10-23-44-42/h2-27H,1H3. The van der Waals surface area contributed by atoms with E-state index in [-0.39, 0.29) is 0 Å². The highest BCUT2D eigenvalue weighted by atomic mass is 16.5. The molecule has 0 saturated carbocycles. The fraction of sp³-hybridized carbons (Fsp3) is 0.0233. The van der Waals surface area contributed by atoms with E-state index in [4.69, 9.17) is 14.7 Å². The molecule has 6 heteroatoms. The molecule has 49 heavy (non-hydrogen) atoms. The van der Waals surface area contributed by atoms with Gasteiger partial charge in [0.2, 0.25) is 0 Å². The van der Waals surface area contributed by atoms with Gasteiger partial charge in [-0.25, -0.2) is 9.97 Å². The van der Waals surface area contributed by atoms with Crippen LogP contribution in [0.15, 0.2) is 158 Å². The highest BCUT2D eigenvalue weighted by molar-refractivity contribution is 6.19. The Balaban J connectivity index is 1.16. The third-order valence-corrected chi connectivity index (χ3v) is 9.54. The van der Waals surface area contributed by atoms with Crippen LogP contribution in [0.1, 0.15) is 0 Å². The van der Waals surface area contributed by atoms with Gasteiger partial charge in [0.15, 0.2) is 0 Å². The Morgan fingerprint density at radius 2 is 1.20 bits per heavy atom. The molecule has 0 spiro atoms. The minimum Gasteiger partial charge on any atom is -0.457 e. The molecule has 10 aromatic rings. The van der Waals surface area contributed by atoms with E-state index in [1.54, 1.807) is 0 Å². The van der Waals surface area contributed by atoms with Crippen molar-refractivity contribution in [1.82, 2.24) is 23.7 Å². The van der Waals surface area contributed by atoms with Gasteiger partial charge >= 0.3 is 0 Å². The number of rotatable bonds is 5. The summed E-state index contributed by atoms with van der Waals surface area (Å²) in [7, 11) is 2.05. The number of para-hydroxylation sites is 4. The Bertz CT molecular complexity index is 2860. The van der Waals surface area contributed by atoms with Crippen molar-refractivity contribution in [1.29, 1.82) is 0 Å². The van der Waals surface area contributed by atoms with Crippen molar-refractivity contribution in [2.45, 2.75) is 0 Å². The zero-order chi connectivity index (χ0) is 32.5. The molecular weight excluding hydrogens is 603 g/mol. The van der Waals surface area contributed by atoms with Gasteiger partial charge in [-0.3, -0.25) is 4.57 Å². The summed E-state index contributed by atoms with van der Waals surface area (Å²) >= 11 is 0. The van der Waals surface area contributed by atoms with E-state index in [0.29, 0.717) is 0 Å². The van der Waals surface area contributed by atoms with E-state index in [1.165, 1.54) is 21.7 Å². The maximum atomic E-state index is 6.57. The SMILES string of the molecule is Cn1c(-c2cccc(Oc3ccc4c5cc6c7ccccc7n(-c7ccccc7)c6cc5n(-c5ccccn5)c4c3)c2)nc2ccccc21. The number of pyridine rings is 1. The first-order valence-corrected chi connectivity index (χ1v) is 16.4. The van der Waals surface area contributed by atoms with Crippen LogP contribution in [0.4, 0.5) is 0 Å². The lowest BCUT2D eigenvalue weighted by Crippen LogP contribution is -1.97. The number of imidazole rings is 1. The second kappa shape index (κ2) is 10.7. The van der Waals surface area contributed by atoms with Crippen molar-refractivity contribution in [2.24, 2.45) is 7.05 Å². The molecule has 0 aliphatic carbocycles. The average Bonchev–Trinajstić information content (AvgIpc) is 3.78. The Labute approximate surface area is 281 Å². The summed E-state index contributed by atoms with van der Waals surface area (Å²) in [5, 5.41) is 4.74. The van der Waals surface area contributed by atoms with Gasteiger partial charge in [0.1, 0.15) is 23.1 Å². The predicted molar refractivity (Wildman–Crippen MR) is 199 cm³/mol. The first-order valence-electron chi connectivity index (χ1n) is 16.4. The molecule has 0 atom stereocenters. The molecule has 0 radical (unpaired) electrons. The predicted octanol–water partition coefficient (Wildman–Crippen LogP) is 10.6. The van der Waals surface area contributed by atoms with Crippen molar-refractivity contribution in [3.63, 3.8) is 0 Å². The van der Waals surface area contributed by atoms with Crippen molar-refractivity contribution < 1.29 is 4.74 Å². The van der Waals surface area contributed by atoms with Gasteiger partial charge in [0, 0.05) is 52.1 Å². The van der Waals surface area contributed by atoms with Gasteiger partial charge in [-0.1, -0.05) is 66.7 Å². The molecule has 10 rings (SSSR count). The van der Waals surface area contributed by atoms with E-state index in [0.717, 1.165) is 67.4 Å². The summed E-state index contributed by atoms with van der Waals surface area (Å²) in [4.78, 5) is 9.72. The molecule has 4 aromatic heterocycles. The minimum absolute atomic E-state index is 0.749. The van der Waals surface area contributed by atoms with Crippen LogP contribution < -0.4 is 4.74 Å². The summed E-state index contributed by atoms with van der Waals surface area (Å²) in [5.41, 5.74) is 8.64. The molecule has 4 heterocycles. The maximum Gasteiger partial charge on any atom is 0.140 e. The van der Waals surface area contributed by atoms with Crippen molar-refractivity contribution in [3.05, 3.63) is 158 Å². The van der Waals surface area contributed by atoms with E-state index in [2.05, 4.69) is 130 Å². The Morgan fingerprint density at radius 1 is 0.490 bits per heavy atom. The van der Waals surface area contributed by atoms with Gasteiger partial charge in [-0.15, -0.1) is 0 Å². The van der Waals surface area contributed by atoms with Gasteiger partial charge in [0.25, 0.3) is 0 Å². The van der Waals surface area contributed by atoms with Crippen molar-refractivity contribution in [2.75, 3.05) is 0 Å². The average molecular weight is 632 g/mol. The molecule has 0 bridgehead atoms. The summed E-state index contributed by atoms with van der Waals surface area (Å²) in [6, 6.07) is 52.6. The molecule has 0 fully saturated rings. The Hall–Kier alpha value is -6.66. The number of nitrogens with zero attached hydrogens (tertiary/aromatic N) is 5. The zero-order valence-corrected chi connectivity index (χ0v) is 26.7. The Kier molecular flexibility index (Phi) is 5.99. The van der Waals surface area contributed by atoms with Crippen molar-refractivity contribution in [3.8, 4) is 34.4 Å². The number of aryl methyl sites for hydroxylation is 1. The number of hydrogen-bond donors (Lipinski definition) is 0. The topological polar surface area (TPSA) is 49.8 Å². The zero-order valence-electron chi connectivity index (χ0n) is 26.7. The molecular formula is C43H29N5O. The highest BCUT2D eigenvalue weighted by Crippen LogP contribution is 2.41. The van der Waals surface area contributed by atoms with Gasteiger partial charge in [-0.2, -0.15) is 0 Å². The normalized spacial score (nSPS) is 11.8. The lowest BCUT2D eigenvalue weighted by molar-refractivity contribution is 0.483. The van der Waals surface area contributed by atoms with Crippen LogP contribution in [0.25, 0.3) is 77.5 Å². The van der Waals surface area contributed by atoms with Crippen LogP contribution in [-0.4, -0.2) is 23.7 Å². The Morgan fingerprint density at radius 3 is 2.04 bits per heavy atom. The van der Waals surface area contributed by atoms with E-state index in [9.17, 15) is 0 Å². The maximum absolute atomic E-state index is 6.57. The van der Waals surface area contributed by atoms with Gasteiger partial charge in [0.05, 0.1) is 33.1 Å². The quantitative estimate of drug-likeness (QED) is 0.190. The highest BCUT2D eigenvalue weighted by Gasteiger charge is 2.19. The van der Waals surface area contributed by atoms with E-state index >= 15 is 0 Å². The molecule has 0 saturated heterocycles. The molecule has 0 unspecified atom stereocenters. The molecule has 0 amide bonds. The summed E-state index contributed by atoms with van der Waals surface area (Å²) in [5.74, 6) is 3.25. The summed E-state index contributed by atoms with van der Waals surface area (Å²) < 4.78 is 13.3. The number of benzene rings is 6. The third kappa shape index (κ3) is 4.27. The second-order valence-corrected chi connectivity index (χ2v) is 12.4. The largest absolute Gasteiger partial charge is 0.457 e. The summed E-state index contributed by atoms with van der Waals surface area (Å²) in [6.07, 6.45) is 1.85. The van der Waals surface area contributed by atoms with Crippen LogP contribution in [0.2, 0.25) is 0 Å². The summed E-state index contributed by atoms with van der Waals surface area (Å²) in [6.45, 7) is 0. The van der Waals surface area contributed by atoms with Gasteiger partial charge in [-0.05, 0) is 78.9 Å². The van der Waals surface area contributed by atoms with Crippen LogP contribution in [0.5, 0.6) is 11.5 Å². The monoisotopic (exact) mass is 631 g/mol. The lowest BCUT2D eigenvalue weighted by Gasteiger charge is -2.10. The van der Waals surface area contributed by atoms with E-state index in [1.807, 2.05) is 48.7 Å². The van der Waals surface area contributed by atoms with Crippen LogP contribution >= 0.6 is 0 Å². The third-order valence-electron chi connectivity index (χ3n) is 9.54. The fourth-order valence-electron chi connectivity index (χ4n) is 7.35. The van der Waals surface area contributed by atoms with Crippen LogP contribution in [0.3, 0.4) is 0 Å². The number of ether oxygens (including phenoxy) is 1. The molecule has 232 valence electrons. The van der Waals surface area contributed by atoms with Gasteiger partial charge < -0.3 is 13.9 Å². The van der Waals surface area contributed by atoms with Crippen LogP contribution in [-0.2, 0) is 7.05 Å². The first kappa shape index (κ1) is 27.5. The molecule has 0 N–H and O–H groups in total. The van der Waals surface area contributed by atoms with Crippen LogP contribution in [0, 0.1) is 0 Å². The molecule has 6 nitrogen and oxygen atoms in total. The first-order chi connectivity index (χ1) is 24.2. The number of aromatic nitrogens is 5. The lowest BCUT2D eigenvalue weighted by atomic mass is 10.1. The fourth-order valence-corrected chi connectivity index (χ4v) is 7.35. The molecule has 0 aliphatic heterocycles. The number of hydrogen-bond acceptors (Lipinski definition) is 3. The minimum atomic E-state index is 0.749. The number of fused-ring (bicyclic) bond motifs is 7. The van der Waals surface area contributed by atoms with E-state index < -0.39 is 0 Å². The molecule has 6 aromatic carbocycles. The molecule has 0 aliphatic rings.